The maximum absolute atomic E-state index is 11.6. The van der Waals surface area contributed by atoms with Crippen LogP contribution in [0.2, 0.25) is 0 Å². The van der Waals surface area contributed by atoms with Gasteiger partial charge in [-0.05, 0) is 55.8 Å². The molecule has 1 heterocycles. The molecular weight excluding hydrogens is 304 g/mol. The van der Waals surface area contributed by atoms with Crippen molar-refractivity contribution in [2.75, 3.05) is 7.11 Å². The second-order valence-corrected chi connectivity index (χ2v) is 5.65. The molecular formula is C19H18N2O3. The maximum atomic E-state index is 11.6. The predicted molar refractivity (Wildman–Crippen MR) is 92.0 cm³/mol. The smallest absolute Gasteiger partial charge is 0.354 e. The number of carboxylic acids is 1. The molecule has 2 aromatic carbocycles. The lowest BCUT2D eigenvalue weighted by Gasteiger charge is -2.09. The number of carboxylic acid groups (broad SMARTS) is 1. The summed E-state index contributed by atoms with van der Waals surface area (Å²) in [4.78, 5) is 11.6. The van der Waals surface area contributed by atoms with Crippen LogP contribution in [0.1, 0.15) is 21.6 Å². The molecule has 0 unspecified atom stereocenters. The van der Waals surface area contributed by atoms with Crippen LogP contribution < -0.4 is 4.74 Å². The highest BCUT2D eigenvalue weighted by Gasteiger charge is 2.18. The van der Waals surface area contributed by atoms with Crippen LogP contribution in [-0.4, -0.2) is 28.0 Å². The fourth-order valence-corrected chi connectivity index (χ4v) is 2.66. The van der Waals surface area contributed by atoms with E-state index in [1.807, 2.05) is 56.3 Å². The van der Waals surface area contributed by atoms with Gasteiger partial charge in [-0.2, -0.15) is 5.10 Å². The molecule has 0 fully saturated rings. The molecule has 122 valence electrons. The lowest BCUT2D eigenvalue weighted by Crippen LogP contribution is -2.09. The number of hydrogen-bond donors (Lipinski definition) is 1. The van der Waals surface area contributed by atoms with Crippen molar-refractivity contribution in [1.29, 1.82) is 0 Å². The molecule has 0 saturated heterocycles. The van der Waals surface area contributed by atoms with E-state index in [2.05, 4.69) is 5.10 Å². The summed E-state index contributed by atoms with van der Waals surface area (Å²) in [5.74, 6) is -0.270. The van der Waals surface area contributed by atoms with Crippen LogP contribution in [0.4, 0.5) is 0 Å². The van der Waals surface area contributed by atoms with Gasteiger partial charge in [0, 0.05) is 5.56 Å². The predicted octanol–water partition coefficient (Wildman–Crippen LogP) is 3.86. The molecule has 0 amide bonds. The van der Waals surface area contributed by atoms with E-state index in [0.717, 1.165) is 28.1 Å². The van der Waals surface area contributed by atoms with Gasteiger partial charge in [0.1, 0.15) is 5.75 Å². The zero-order valence-corrected chi connectivity index (χ0v) is 13.8. The van der Waals surface area contributed by atoms with Crippen molar-refractivity contribution >= 4 is 5.97 Å². The minimum absolute atomic E-state index is 0.132. The van der Waals surface area contributed by atoms with E-state index in [-0.39, 0.29) is 5.69 Å². The molecule has 0 atom stereocenters. The highest BCUT2D eigenvalue weighted by atomic mass is 16.5. The van der Waals surface area contributed by atoms with Crippen molar-refractivity contribution in [3.05, 3.63) is 65.4 Å². The summed E-state index contributed by atoms with van der Waals surface area (Å²) in [6, 6.07) is 14.8. The summed E-state index contributed by atoms with van der Waals surface area (Å²) in [7, 11) is 1.60. The van der Waals surface area contributed by atoms with Gasteiger partial charge in [-0.3, -0.25) is 0 Å². The summed E-state index contributed by atoms with van der Waals surface area (Å²) in [5, 5.41) is 14.0. The van der Waals surface area contributed by atoms with Crippen molar-refractivity contribution in [3.8, 4) is 22.7 Å². The Bertz CT molecular complexity index is 895. The van der Waals surface area contributed by atoms with Gasteiger partial charge >= 0.3 is 5.97 Å². The average molecular weight is 322 g/mol. The molecule has 5 nitrogen and oxygen atoms in total. The first-order chi connectivity index (χ1) is 11.5. The average Bonchev–Trinajstić information content (AvgIpc) is 3.00. The highest BCUT2D eigenvalue weighted by molar-refractivity contribution is 5.88. The van der Waals surface area contributed by atoms with Crippen LogP contribution in [0.3, 0.4) is 0 Å². The SMILES string of the molecule is COc1ccc(-c2cc(C(=O)O)n(-c3ccc(C)cc3C)n2)cc1. The summed E-state index contributed by atoms with van der Waals surface area (Å²) in [6.45, 7) is 3.95. The van der Waals surface area contributed by atoms with E-state index in [0.29, 0.717) is 5.69 Å². The number of hydrogen-bond acceptors (Lipinski definition) is 3. The van der Waals surface area contributed by atoms with Crippen LogP contribution in [0.5, 0.6) is 5.75 Å². The topological polar surface area (TPSA) is 64.3 Å². The molecule has 0 aliphatic rings. The quantitative estimate of drug-likeness (QED) is 0.792. The number of aromatic nitrogens is 2. The number of aromatic carboxylic acids is 1. The molecule has 0 aliphatic heterocycles. The second kappa shape index (κ2) is 6.20. The summed E-state index contributed by atoms with van der Waals surface area (Å²) in [6.07, 6.45) is 0. The molecule has 1 N–H and O–H groups in total. The van der Waals surface area contributed by atoms with Crippen molar-refractivity contribution in [2.45, 2.75) is 13.8 Å². The lowest BCUT2D eigenvalue weighted by molar-refractivity contribution is 0.0687. The largest absolute Gasteiger partial charge is 0.497 e. The van der Waals surface area contributed by atoms with Crippen molar-refractivity contribution in [1.82, 2.24) is 9.78 Å². The molecule has 1 aromatic heterocycles. The van der Waals surface area contributed by atoms with Crippen LogP contribution in [0.25, 0.3) is 16.9 Å². The zero-order chi connectivity index (χ0) is 17.3. The Balaban J connectivity index is 2.12. The fourth-order valence-electron chi connectivity index (χ4n) is 2.66. The van der Waals surface area contributed by atoms with Gasteiger partial charge in [-0.25, -0.2) is 9.48 Å². The van der Waals surface area contributed by atoms with Gasteiger partial charge in [0.05, 0.1) is 18.5 Å². The Morgan fingerprint density at radius 3 is 2.38 bits per heavy atom. The number of aryl methyl sites for hydroxylation is 2. The summed E-state index contributed by atoms with van der Waals surface area (Å²) < 4.78 is 6.63. The van der Waals surface area contributed by atoms with Crippen molar-refractivity contribution in [3.63, 3.8) is 0 Å². The number of carbonyl (C=O) groups is 1. The van der Waals surface area contributed by atoms with Gasteiger partial charge in [-0.15, -0.1) is 0 Å². The molecule has 3 rings (SSSR count). The normalized spacial score (nSPS) is 10.6. The molecule has 0 radical (unpaired) electrons. The fraction of sp³-hybridized carbons (Fsp3) is 0.158. The first kappa shape index (κ1) is 15.8. The van der Waals surface area contributed by atoms with Gasteiger partial charge in [0.25, 0.3) is 0 Å². The van der Waals surface area contributed by atoms with Crippen LogP contribution in [-0.2, 0) is 0 Å². The Hall–Kier alpha value is -3.08. The first-order valence-corrected chi connectivity index (χ1v) is 7.55. The van der Waals surface area contributed by atoms with E-state index < -0.39 is 5.97 Å². The Labute approximate surface area is 140 Å². The molecule has 5 heteroatoms. The van der Waals surface area contributed by atoms with Crippen LogP contribution >= 0.6 is 0 Å². The Morgan fingerprint density at radius 2 is 1.79 bits per heavy atom. The van der Waals surface area contributed by atoms with Crippen molar-refractivity contribution in [2.24, 2.45) is 0 Å². The number of nitrogens with zero attached hydrogens (tertiary/aromatic N) is 2. The van der Waals surface area contributed by atoms with E-state index in [4.69, 9.17) is 4.74 Å². The number of rotatable bonds is 4. The minimum atomic E-state index is -1.01. The molecule has 0 saturated carbocycles. The Kier molecular flexibility index (Phi) is 4.08. The van der Waals surface area contributed by atoms with E-state index >= 15 is 0 Å². The molecule has 0 spiro atoms. The van der Waals surface area contributed by atoms with Crippen LogP contribution in [0, 0.1) is 13.8 Å². The van der Waals surface area contributed by atoms with E-state index in [9.17, 15) is 9.90 Å². The molecule has 3 aromatic rings. The minimum Gasteiger partial charge on any atom is -0.497 e. The summed E-state index contributed by atoms with van der Waals surface area (Å²) >= 11 is 0. The third-order valence-corrected chi connectivity index (χ3v) is 3.89. The first-order valence-electron chi connectivity index (χ1n) is 7.55. The Morgan fingerprint density at radius 1 is 1.08 bits per heavy atom. The standard InChI is InChI=1S/C19H18N2O3/c1-12-4-9-17(13(2)10-12)21-18(19(22)23)11-16(20-21)14-5-7-15(24-3)8-6-14/h4-11H,1-3H3,(H,22,23). The monoisotopic (exact) mass is 322 g/mol. The lowest BCUT2D eigenvalue weighted by atomic mass is 10.1. The zero-order valence-electron chi connectivity index (χ0n) is 13.8. The van der Waals surface area contributed by atoms with E-state index in [1.54, 1.807) is 13.2 Å². The van der Waals surface area contributed by atoms with Crippen molar-refractivity contribution < 1.29 is 14.6 Å². The van der Waals surface area contributed by atoms with Gasteiger partial charge in [-0.1, -0.05) is 17.7 Å². The number of methoxy groups -OCH3 is 1. The van der Waals surface area contributed by atoms with Gasteiger partial charge < -0.3 is 9.84 Å². The third-order valence-electron chi connectivity index (χ3n) is 3.89. The van der Waals surface area contributed by atoms with Crippen LogP contribution in [0.15, 0.2) is 48.5 Å². The number of benzene rings is 2. The maximum Gasteiger partial charge on any atom is 0.354 e. The van der Waals surface area contributed by atoms with Gasteiger partial charge in [0.15, 0.2) is 5.69 Å². The summed E-state index contributed by atoms with van der Waals surface area (Å²) in [5.41, 5.74) is 4.43. The highest BCUT2D eigenvalue weighted by Crippen LogP contribution is 2.25. The molecule has 0 aliphatic carbocycles. The third kappa shape index (κ3) is 2.88. The number of ether oxygens (including phenoxy) is 1. The van der Waals surface area contributed by atoms with E-state index in [1.165, 1.54) is 4.68 Å². The molecule has 0 bridgehead atoms. The molecule has 24 heavy (non-hydrogen) atoms. The van der Waals surface area contributed by atoms with Gasteiger partial charge in [0.2, 0.25) is 0 Å². The second-order valence-electron chi connectivity index (χ2n) is 5.65.